The van der Waals surface area contributed by atoms with Crippen LogP contribution in [0.3, 0.4) is 0 Å². The molecule has 0 saturated carbocycles. The fourth-order valence-corrected chi connectivity index (χ4v) is 5.01. The molecule has 4 aromatic carbocycles. The third-order valence-corrected chi connectivity index (χ3v) is 7.31. The van der Waals surface area contributed by atoms with E-state index in [1.807, 2.05) is 98.8 Å². The van der Waals surface area contributed by atoms with Crippen LogP contribution in [0.1, 0.15) is 38.2 Å². The molecular weight excluding hydrogens is 508 g/mol. The van der Waals surface area contributed by atoms with Crippen LogP contribution >= 0.6 is 11.7 Å². The molecule has 0 amide bonds. The van der Waals surface area contributed by atoms with Gasteiger partial charge >= 0.3 is 5.97 Å². The molecule has 5 aromatic rings. The predicted molar refractivity (Wildman–Crippen MR) is 152 cm³/mol. The highest BCUT2D eigenvalue weighted by molar-refractivity contribution is 7.00. The van der Waals surface area contributed by atoms with Gasteiger partial charge in [0.25, 0.3) is 5.79 Å². The molecular formula is C32H26N2O4S. The lowest BCUT2D eigenvalue weighted by molar-refractivity contribution is -0.185. The number of carbonyl (C=O) groups excluding carboxylic acids is 2. The van der Waals surface area contributed by atoms with Crippen LogP contribution in [0.15, 0.2) is 103 Å². The summed E-state index contributed by atoms with van der Waals surface area (Å²) < 4.78 is 14.2. The van der Waals surface area contributed by atoms with Crippen molar-refractivity contribution in [2.45, 2.75) is 26.1 Å². The summed E-state index contributed by atoms with van der Waals surface area (Å²) in [6.07, 6.45) is 1.21. The van der Waals surface area contributed by atoms with Gasteiger partial charge in [0.2, 0.25) is 0 Å². The van der Waals surface area contributed by atoms with E-state index in [9.17, 15) is 14.7 Å². The Bertz CT molecular complexity index is 1680. The van der Waals surface area contributed by atoms with Gasteiger partial charge in [-0.1, -0.05) is 78.9 Å². The number of ether oxygens (including phenoxy) is 1. The van der Waals surface area contributed by atoms with Crippen molar-refractivity contribution in [3.05, 3.63) is 136 Å². The summed E-state index contributed by atoms with van der Waals surface area (Å²) in [5, 5.41) is 11.7. The molecule has 0 bridgehead atoms. The Hall–Kier alpha value is -4.46. The lowest BCUT2D eigenvalue weighted by Crippen LogP contribution is -2.30. The number of hydrogen-bond acceptors (Lipinski definition) is 7. The van der Waals surface area contributed by atoms with Crippen molar-refractivity contribution in [3.8, 4) is 0 Å². The molecule has 1 aliphatic heterocycles. The van der Waals surface area contributed by atoms with E-state index in [0.29, 0.717) is 34.2 Å². The van der Waals surface area contributed by atoms with Gasteiger partial charge in [-0.3, -0.25) is 4.79 Å². The average Bonchev–Trinajstić information content (AvgIpc) is 3.53. The van der Waals surface area contributed by atoms with Gasteiger partial charge in [0, 0.05) is 23.1 Å². The van der Waals surface area contributed by atoms with Gasteiger partial charge in [0.15, 0.2) is 0 Å². The lowest BCUT2D eigenvalue weighted by Gasteiger charge is -2.26. The Morgan fingerprint density at radius 3 is 2.21 bits per heavy atom. The minimum Gasteiger partial charge on any atom is -0.421 e. The van der Waals surface area contributed by atoms with Crippen molar-refractivity contribution < 1.29 is 19.4 Å². The topological polar surface area (TPSA) is 89.4 Å². The number of nitrogens with zero attached hydrogens (tertiary/aromatic N) is 2. The Morgan fingerprint density at radius 2 is 1.54 bits per heavy atom. The van der Waals surface area contributed by atoms with Gasteiger partial charge in [0.1, 0.15) is 17.3 Å². The maximum Gasteiger partial charge on any atom is 0.342 e. The Kier molecular flexibility index (Phi) is 7.45. The summed E-state index contributed by atoms with van der Waals surface area (Å²) in [7, 11) is 0. The zero-order valence-electron chi connectivity index (χ0n) is 21.5. The molecule has 194 valence electrons. The number of fused-ring (bicyclic) bond motifs is 1. The molecule has 6 rings (SSSR count). The first-order valence-corrected chi connectivity index (χ1v) is 13.2. The minimum absolute atomic E-state index is 0.374. The van der Waals surface area contributed by atoms with Crippen LogP contribution in [-0.4, -0.2) is 26.1 Å². The second-order valence-electron chi connectivity index (χ2n) is 9.34. The second-order valence-corrected chi connectivity index (χ2v) is 9.87. The van der Waals surface area contributed by atoms with Crippen molar-refractivity contribution in [2.75, 3.05) is 0 Å². The average molecular weight is 535 g/mol. The number of aliphatic hydroxyl groups is 1. The van der Waals surface area contributed by atoms with Gasteiger partial charge in [-0.2, -0.15) is 8.75 Å². The molecule has 1 unspecified atom stereocenters. The third kappa shape index (κ3) is 5.41. The van der Waals surface area contributed by atoms with Crippen LogP contribution in [-0.2, 0) is 21.7 Å². The summed E-state index contributed by atoms with van der Waals surface area (Å²) in [5.74, 6) is -2.38. The molecule has 6 nitrogen and oxygen atoms in total. The molecule has 0 spiro atoms. The van der Waals surface area contributed by atoms with E-state index < -0.39 is 11.8 Å². The fourth-order valence-electron chi connectivity index (χ4n) is 4.49. The molecule has 0 aliphatic carbocycles. The Morgan fingerprint density at radius 1 is 0.846 bits per heavy atom. The smallest absolute Gasteiger partial charge is 0.342 e. The minimum atomic E-state index is -1.84. The quantitative estimate of drug-likeness (QED) is 0.213. The van der Waals surface area contributed by atoms with Crippen LogP contribution in [0.2, 0.25) is 0 Å². The highest BCUT2D eigenvalue weighted by atomic mass is 32.1. The number of carbonyl (C=O) groups is 2. The summed E-state index contributed by atoms with van der Waals surface area (Å²) in [6, 6.07) is 30.0. The molecule has 0 fully saturated rings. The molecule has 0 saturated heterocycles. The van der Waals surface area contributed by atoms with Crippen LogP contribution in [0, 0.1) is 13.8 Å². The Balaban J connectivity index is 0.000000332. The van der Waals surface area contributed by atoms with Gasteiger partial charge in [-0.05, 0) is 54.3 Å². The van der Waals surface area contributed by atoms with E-state index in [4.69, 9.17) is 4.74 Å². The number of hydrogen-bond donors (Lipinski definition) is 1. The third-order valence-electron chi connectivity index (χ3n) is 6.76. The zero-order valence-corrected chi connectivity index (χ0v) is 22.3. The van der Waals surface area contributed by atoms with E-state index >= 15 is 0 Å². The van der Waals surface area contributed by atoms with E-state index in [1.54, 1.807) is 12.1 Å². The van der Waals surface area contributed by atoms with E-state index in [2.05, 4.69) is 8.75 Å². The van der Waals surface area contributed by atoms with Crippen molar-refractivity contribution in [1.29, 1.82) is 0 Å². The van der Waals surface area contributed by atoms with Crippen LogP contribution in [0.25, 0.3) is 16.6 Å². The molecule has 1 atom stereocenters. The van der Waals surface area contributed by atoms with Gasteiger partial charge in [-0.25, -0.2) is 4.79 Å². The highest BCUT2D eigenvalue weighted by Crippen LogP contribution is 2.45. The van der Waals surface area contributed by atoms with Gasteiger partial charge in [-0.15, -0.1) is 0 Å². The maximum absolute atomic E-state index is 13.1. The standard InChI is InChI=1S/C25H20N2O3S.C7H6O/c1-15-8-10-19(12-16(15)2)25(29)20(13-17-6-4-3-5-7-17)23(24(28)30-25)18-9-11-21-22(14-18)27-31-26-21;8-6-7-4-2-1-3-5-7/h3-12,14,29H,13H2,1-2H3;1-6H. The molecule has 1 aromatic heterocycles. The summed E-state index contributed by atoms with van der Waals surface area (Å²) in [4.78, 5) is 23.1. The summed E-state index contributed by atoms with van der Waals surface area (Å²) in [5.41, 5.74) is 7.42. The van der Waals surface area contributed by atoms with Crippen LogP contribution in [0.4, 0.5) is 0 Å². The number of aldehydes is 1. The van der Waals surface area contributed by atoms with E-state index in [1.165, 1.54) is 0 Å². The largest absolute Gasteiger partial charge is 0.421 e. The monoisotopic (exact) mass is 534 g/mol. The van der Waals surface area contributed by atoms with E-state index in [0.717, 1.165) is 45.8 Å². The Labute approximate surface area is 230 Å². The van der Waals surface area contributed by atoms with E-state index in [-0.39, 0.29) is 0 Å². The first-order chi connectivity index (χ1) is 18.9. The first-order valence-electron chi connectivity index (χ1n) is 12.4. The summed E-state index contributed by atoms with van der Waals surface area (Å²) >= 11 is 1.13. The van der Waals surface area contributed by atoms with Crippen molar-refractivity contribution >= 4 is 40.6 Å². The van der Waals surface area contributed by atoms with Crippen LogP contribution < -0.4 is 0 Å². The number of rotatable bonds is 5. The SMILES string of the molecule is Cc1ccc(C2(O)OC(=O)C(c3ccc4nsnc4c3)=C2Cc2ccccc2)cc1C.O=Cc1ccccc1. The number of aryl methyl sites for hydroxylation is 2. The second kappa shape index (κ2) is 11.1. The molecule has 1 aliphatic rings. The fraction of sp³-hybridized carbons (Fsp3) is 0.125. The number of aromatic nitrogens is 2. The normalized spacial score (nSPS) is 16.5. The maximum atomic E-state index is 13.1. The van der Waals surface area contributed by atoms with Gasteiger partial charge in [0.05, 0.1) is 17.3 Å². The van der Waals surface area contributed by atoms with Crippen molar-refractivity contribution in [3.63, 3.8) is 0 Å². The summed E-state index contributed by atoms with van der Waals surface area (Å²) in [6.45, 7) is 3.98. The van der Waals surface area contributed by atoms with Crippen LogP contribution in [0.5, 0.6) is 0 Å². The first kappa shape index (κ1) is 26.2. The van der Waals surface area contributed by atoms with Crippen molar-refractivity contribution in [2.24, 2.45) is 0 Å². The molecule has 7 heteroatoms. The molecule has 2 heterocycles. The number of benzene rings is 4. The molecule has 1 N–H and O–H groups in total. The number of esters is 1. The molecule has 39 heavy (non-hydrogen) atoms. The lowest BCUT2D eigenvalue weighted by atomic mass is 9.87. The van der Waals surface area contributed by atoms with Crippen molar-refractivity contribution in [1.82, 2.24) is 8.75 Å². The zero-order chi connectivity index (χ0) is 27.4. The highest BCUT2D eigenvalue weighted by Gasteiger charge is 2.48. The number of cyclic esters (lactones) is 1. The predicted octanol–water partition coefficient (Wildman–Crippen LogP) is 6.21. The van der Waals surface area contributed by atoms with Gasteiger partial charge < -0.3 is 9.84 Å². The molecule has 0 radical (unpaired) electrons.